The Morgan fingerprint density at radius 1 is 1.21 bits per heavy atom. The molecule has 2 rings (SSSR count). The zero-order valence-electron chi connectivity index (χ0n) is 19.1. The van der Waals surface area contributed by atoms with E-state index in [0.29, 0.717) is 11.8 Å². The molecule has 0 aliphatic heterocycles. The van der Waals surface area contributed by atoms with Crippen molar-refractivity contribution in [3.05, 3.63) is 77.3 Å². The summed E-state index contributed by atoms with van der Waals surface area (Å²) < 4.78 is 0. The minimum Gasteiger partial charge on any atom is -0.387 e. The van der Waals surface area contributed by atoms with Gasteiger partial charge in [-0.3, -0.25) is 0 Å². The molecule has 0 spiro atoms. The molecule has 2 nitrogen and oxygen atoms in total. The van der Waals surface area contributed by atoms with Crippen LogP contribution in [0.2, 0.25) is 0 Å². The van der Waals surface area contributed by atoms with Crippen LogP contribution in [0.4, 0.5) is 0 Å². The summed E-state index contributed by atoms with van der Waals surface area (Å²) in [5.74, 6) is 1.14. The highest BCUT2D eigenvalue weighted by Gasteiger charge is 2.15. The minimum absolute atomic E-state index is 0.488. The quantitative estimate of drug-likeness (QED) is 0.383. The molecule has 2 N–H and O–H groups in total. The maximum atomic E-state index is 3.83. The van der Waals surface area contributed by atoms with E-state index in [9.17, 15) is 0 Å². The lowest BCUT2D eigenvalue weighted by Gasteiger charge is -2.18. The Labute approximate surface area is 178 Å². The first kappa shape index (κ1) is 23.1. The third-order valence-electron chi connectivity index (χ3n) is 6.05. The fourth-order valence-corrected chi connectivity index (χ4v) is 4.21. The molecular weight excluding hydrogens is 352 g/mol. The highest BCUT2D eigenvalue weighted by Crippen LogP contribution is 2.31. The smallest absolute Gasteiger partial charge is 0.0401 e. The number of benzene rings is 1. The van der Waals surface area contributed by atoms with Gasteiger partial charge in [-0.05, 0) is 79.8 Å². The van der Waals surface area contributed by atoms with Crippen LogP contribution in [-0.2, 0) is 6.42 Å². The molecule has 0 bridgehead atoms. The SMILES string of the molecule is C=CNC/C(=C(\C)CCCC(CC)c1cccc(CC)c1)c1cc[nH]c1C(C)C. The van der Waals surface area contributed by atoms with Gasteiger partial charge < -0.3 is 10.3 Å². The van der Waals surface area contributed by atoms with E-state index >= 15 is 0 Å². The van der Waals surface area contributed by atoms with E-state index in [1.165, 1.54) is 52.8 Å². The van der Waals surface area contributed by atoms with Gasteiger partial charge in [0.15, 0.2) is 0 Å². The molecule has 1 aromatic heterocycles. The number of aromatic amines is 1. The Balaban J connectivity index is 2.12. The minimum atomic E-state index is 0.488. The second-order valence-electron chi connectivity index (χ2n) is 8.40. The van der Waals surface area contributed by atoms with Crippen LogP contribution in [0.15, 0.2) is 54.9 Å². The molecule has 0 saturated heterocycles. The molecule has 0 radical (unpaired) electrons. The average Bonchev–Trinajstić information content (AvgIpc) is 3.21. The summed E-state index contributed by atoms with van der Waals surface area (Å²) in [5.41, 5.74) is 8.54. The number of aryl methyl sites for hydroxylation is 1. The third kappa shape index (κ3) is 6.39. The van der Waals surface area contributed by atoms with Crippen molar-refractivity contribution < 1.29 is 0 Å². The molecule has 1 heterocycles. The lowest BCUT2D eigenvalue weighted by atomic mass is 9.88. The maximum Gasteiger partial charge on any atom is 0.0401 e. The van der Waals surface area contributed by atoms with Crippen LogP contribution in [0, 0.1) is 0 Å². The van der Waals surface area contributed by atoms with E-state index < -0.39 is 0 Å². The van der Waals surface area contributed by atoms with Crippen molar-refractivity contribution in [2.75, 3.05) is 6.54 Å². The molecular formula is C27H40N2. The Morgan fingerprint density at radius 3 is 2.66 bits per heavy atom. The number of allylic oxidation sites excluding steroid dienone is 1. The molecule has 0 saturated carbocycles. The number of H-pyrrole nitrogens is 1. The Morgan fingerprint density at radius 2 is 2.00 bits per heavy atom. The molecule has 2 heteroatoms. The van der Waals surface area contributed by atoms with Gasteiger partial charge in [-0.2, -0.15) is 0 Å². The van der Waals surface area contributed by atoms with Gasteiger partial charge in [-0.15, -0.1) is 0 Å². The summed E-state index contributed by atoms with van der Waals surface area (Å²) in [6.07, 6.45) is 9.78. The van der Waals surface area contributed by atoms with Crippen molar-refractivity contribution in [1.29, 1.82) is 0 Å². The van der Waals surface area contributed by atoms with E-state index in [4.69, 9.17) is 0 Å². The summed E-state index contributed by atoms with van der Waals surface area (Å²) in [6.45, 7) is 16.0. The Bertz CT molecular complexity index is 794. The monoisotopic (exact) mass is 392 g/mol. The predicted octanol–water partition coefficient (Wildman–Crippen LogP) is 7.57. The number of hydrogen-bond acceptors (Lipinski definition) is 1. The molecule has 1 unspecified atom stereocenters. The summed E-state index contributed by atoms with van der Waals surface area (Å²) in [6, 6.07) is 11.4. The average molecular weight is 393 g/mol. The highest BCUT2D eigenvalue weighted by molar-refractivity contribution is 5.72. The van der Waals surface area contributed by atoms with E-state index in [-0.39, 0.29) is 0 Å². The lowest BCUT2D eigenvalue weighted by molar-refractivity contribution is 0.574. The fraction of sp³-hybridized carbons (Fsp3) is 0.481. The van der Waals surface area contributed by atoms with Gasteiger partial charge in [0.2, 0.25) is 0 Å². The molecule has 29 heavy (non-hydrogen) atoms. The van der Waals surface area contributed by atoms with Gasteiger partial charge in [0.1, 0.15) is 0 Å². The van der Waals surface area contributed by atoms with Gasteiger partial charge >= 0.3 is 0 Å². The van der Waals surface area contributed by atoms with Crippen LogP contribution in [-0.4, -0.2) is 11.5 Å². The van der Waals surface area contributed by atoms with Gasteiger partial charge in [-0.25, -0.2) is 0 Å². The van der Waals surface area contributed by atoms with Crippen molar-refractivity contribution in [1.82, 2.24) is 10.3 Å². The summed E-state index contributed by atoms with van der Waals surface area (Å²) in [7, 11) is 0. The molecule has 0 amide bonds. The largest absolute Gasteiger partial charge is 0.387 e. The highest BCUT2D eigenvalue weighted by atomic mass is 14.8. The second kappa shape index (κ2) is 11.7. The number of nitrogens with one attached hydrogen (secondary N) is 2. The van der Waals surface area contributed by atoms with Crippen LogP contribution in [0.3, 0.4) is 0 Å². The van der Waals surface area contributed by atoms with Crippen molar-refractivity contribution in [2.45, 2.75) is 78.6 Å². The first-order chi connectivity index (χ1) is 14.0. The number of aromatic nitrogens is 1. The van der Waals surface area contributed by atoms with Gasteiger partial charge in [0.25, 0.3) is 0 Å². The first-order valence-corrected chi connectivity index (χ1v) is 11.3. The van der Waals surface area contributed by atoms with Crippen molar-refractivity contribution in [3.8, 4) is 0 Å². The summed E-state index contributed by atoms with van der Waals surface area (Å²) >= 11 is 0. The van der Waals surface area contributed by atoms with Crippen LogP contribution < -0.4 is 5.32 Å². The fourth-order valence-electron chi connectivity index (χ4n) is 4.21. The second-order valence-corrected chi connectivity index (χ2v) is 8.40. The molecule has 2 aromatic rings. The van der Waals surface area contributed by atoms with E-state index in [1.807, 2.05) is 0 Å². The Hall–Kier alpha value is -2.22. The molecule has 1 aromatic carbocycles. The lowest BCUT2D eigenvalue weighted by Crippen LogP contribution is -2.11. The molecule has 0 aliphatic carbocycles. The van der Waals surface area contributed by atoms with Gasteiger partial charge in [-0.1, -0.05) is 64.1 Å². The Kier molecular flexibility index (Phi) is 9.31. The van der Waals surface area contributed by atoms with Crippen LogP contribution in [0.1, 0.15) is 94.5 Å². The van der Waals surface area contributed by atoms with Crippen molar-refractivity contribution in [2.24, 2.45) is 0 Å². The van der Waals surface area contributed by atoms with E-state index in [1.54, 1.807) is 6.20 Å². The van der Waals surface area contributed by atoms with Crippen molar-refractivity contribution in [3.63, 3.8) is 0 Å². The maximum absolute atomic E-state index is 3.83. The van der Waals surface area contributed by atoms with E-state index in [2.05, 4.69) is 88.0 Å². The van der Waals surface area contributed by atoms with Crippen LogP contribution >= 0.6 is 0 Å². The normalized spacial score (nSPS) is 13.3. The summed E-state index contributed by atoms with van der Waals surface area (Å²) in [5, 5.41) is 3.32. The van der Waals surface area contributed by atoms with Crippen molar-refractivity contribution >= 4 is 5.57 Å². The zero-order valence-corrected chi connectivity index (χ0v) is 19.1. The van der Waals surface area contributed by atoms with Gasteiger partial charge in [0.05, 0.1) is 0 Å². The van der Waals surface area contributed by atoms with E-state index in [0.717, 1.165) is 19.4 Å². The molecule has 158 valence electrons. The molecule has 0 fully saturated rings. The van der Waals surface area contributed by atoms with Gasteiger partial charge in [0, 0.05) is 24.0 Å². The topological polar surface area (TPSA) is 27.8 Å². The first-order valence-electron chi connectivity index (χ1n) is 11.3. The number of rotatable bonds is 12. The zero-order chi connectivity index (χ0) is 21.2. The number of hydrogen-bond donors (Lipinski definition) is 2. The predicted molar refractivity (Wildman–Crippen MR) is 128 cm³/mol. The van der Waals surface area contributed by atoms with Crippen LogP contribution in [0.25, 0.3) is 5.57 Å². The molecule has 0 aliphatic rings. The van der Waals surface area contributed by atoms with Crippen LogP contribution in [0.5, 0.6) is 0 Å². The summed E-state index contributed by atoms with van der Waals surface area (Å²) in [4.78, 5) is 3.44. The standard InChI is InChI=1S/C27H40N2/c1-7-22-13-11-15-24(18-22)23(8-2)14-10-12-21(6)26(19-28-9-3)25-16-17-29-27(25)20(4)5/h9,11,13,15-18,20,23,28-29H,3,7-8,10,12,14,19H2,1-2,4-6H3/b26-21-. The third-order valence-corrected chi connectivity index (χ3v) is 6.05. The molecule has 1 atom stereocenters.